The van der Waals surface area contributed by atoms with Crippen LogP contribution in [0.5, 0.6) is 0 Å². The van der Waals surface area contributed by atoms with E-state index in [1.54, 1.807) is 0 Å². The number of rotatable bonds is 47. The van der Waals surface area contributed by atoms with E-state index in [1.807, 2.05) is 0 Å². The van der Waals surface area contributed by atoms with Gasteiger partial charge in [-0.05, 0) is 103 Å². The number of hydrogen-bond acceptors (Lipinski definition) is 5. The number of carbonyl (C=O) groups excluding carboxylic acids is 2. The lowest BCUT2D eigenvalue weighted by atomic mass is 10.0. The van der Waals surface area contributed by atoms with E-state index in [-0.39, 0.29) is 25.2 Å². The molecule has 0 aromatic carbocycles. The minimum absolute atomic E-state index is 0.0791. The third-order valence-electron chi connectivity index (χ3n) is 11.0. The van der Waals surface area contributed by atoms with Crippen molar-refractivity contribution < 1.29 is 24.2 Å². The molecule has 0 rings (SSSR count). The van der Waals surface area contributed by atoms with Crippen LogP contribution in [0.2, 0.25) is 0 Å². The number of carbonyl (C=O) groups is 2. The van der Waals surface area contributed by atoms with Crippen LogP contribution in [0, 0.1) is 0 Å². The fourth-order valence-corrected chi connectivity index (χ4v) is 7.00. The van der Waals surface area contributed by atoms with Gasteiger partial charge < -0.3 is 14.6 Å². The van der Waals surface area contributed by atoms with Gasteiger partial charge in [0.25, 0.3) is 0 Å². The Morgan fingerprint density at radius 3 is 1.00 bits per heavy atom. The van der Waals surface area contributed by atoms with Gasteiger partial charge >= 0.3 is 11.9 Å². The standard InChI is InChI=1S/C60H98O5/c1-3-5-7-9-11-13-15-17-19-20-21-22-23-24-25-26-27-28-29-30-31-32-33-34-35-36-37-38-39-40-41-43-45-47-49-51-53-55-60(63)65-58(56-61)57-64-59(62)54-52-50-48-46-44-42-18-16-14-12-10-8-6-4-2/h5,7,10-13,16-19,21-22,24-25,27-28,30-31,33-34,58,61H,3-4,6,8-9,14-15,20,23,26,29,32,35-57H2,1-2H3/b7-5-,12-10-,13-11-,18-16-,19-17-,22-21-,25-24-,28-27-,31-30-,34-33-. The highest BCUT2D eigenvalue weighted by Crippen LogP contribution is 2.14. The van der Waals surface area contributed by atoms with Crippen molar-refractivity contribution in [3.8, 4) is 0 Å². The van der Waals surface area contributed by atoms with Crippen molar-refractivity contribution in [1.82, 2.24) is 0 Å². The Balaban J connectivity index is 3.56. The van der Waals surface area contributed by atoms with E-state index in [4.69, 9.17) is 9.47 Å². The van der Waals surface area contributed by atoms with Crippen LogP contribution in [0.1, 0.15) is 226 Å². The molecule has 0 aliphatic carbocycles. The first-order valence-electron chi connectivity index (χ1n) is 26.6. The normalized spacial score (nSPS) is 13.2. The molecule has 0 aliphatic heterocycles. The van der Waals surface area contributed by atoms with Gasteiger partial charge in [-0.2, -0.15) is 0 Å². The fourth-order valence-electron chi connectivity index (χ4n) is 7.00. The van der Waals surface area contributed by atoms with Gasteiger partial charge in [-0.1, -0.05) is 232 Å². The second kappa shape index (κ2) is 54.6. The molecule has 0 aliphatic rings. The highest BCUT2D eigenvalue weighted by Gasteiger charge is 2.16. The SMILES string of the molecule is CC/C=C\C/C=C\C/C=C\C/C=C\C/C=C\C/C=C\C/C=C\C/C=C\CCCCCCCCCCCCCCC(=O)OC(CO)COC(=O)CCCCCCC/C=C\C/C=C\CCCC. The van der Waals surface area contributed by atoms with Crippen LogP contribution in [-0.4, -0.2) is 36.4 Å². The number of ether oxygens (including phenoxy) is 2. The van der Waals surface area contributed by atoms with Gasteiger partial charge in [0.05, 0.1) is 6.61 Å². The molecule has 5 nitrogen and oxygen atoms in total. The molecular weight excluding hydrogens is 801 g/mol. The Morgan fingerprint density at radius 1 is 0.369 bits per heavy atom. The summed E-state index contributed by atoms with van der Waals surface area (Å²) >= 11 is 0. The van der Waals surface area contributed by atoms with E-state index in [2.05, 4.69) is 135 Å². The van der Waals surface area contributed by atoms with Crippen molar-refractivity contribution in [3.05, 3.63) is 122 Å². The van der Waals surface area contributed by atoms with Crippen LogP contribution < -0.4 is 0 Å². The molecular formula is C60H98O5. The summed E-state index contributed by atoms with van der Waals surface area (Å²) < 4.78 is 10.6. The second-order valence-corrected chi connectivity index (χ2v) is 17.2. The summed E-state index contributed by atoms with van der Waals surface area (Å²) in [6, 6.07) is 0. The molecule has 0 fully saturated rings. The highest BCUT2D eigenvalue weighted by molar-refractivity contribution is 5.70. The van der Waals surface area contributed by atoms with Crippen LogP contribution in [0.15, 0.2) is 122 Å². The Morgan fingerprint density at radius 2 is 0.662 bits per heavy atom. The number of aliphatic hydroxyl groups is 1. The van der Waals surface area contributed by atoms with E-state index in [9.17, 15) is 14.7 Å². The third-order valence-corrected chi connectivity index (χ3v) is 11.0. The van der Waals surface area contributed by atoms with Crippen molar-refractivity contribution in [2.45, 2.75) is 232 Å². The van der Waals surface area contributed by atoms with Crippen LogP contribution in [0.3, 0.4) is 0 Å². The Kier molecular flexibility index (Phi) is 51.5. The van der Waals surface area contributed by atoms with Crippen molar-refractivity contribution >= 4 is 11.9 Å². The molecule has 1 atom stereocenters. The molecule has 0 aromatic rings. The Hall–Kier alpha value is -3.70. The molecule has 0 radical (unpaired) electrons. The molecule has 0 saturated carbocycles. The molecule has 0 spiro atoms. The number of unbranched alkanes of at least 4 members (excludes halogenated alkanes) is 19. The van der Waals surface area contributed by atoms with E-state index >= 15 is 0 Å². The van der Waals surface area contributed by atoms with Gasteiger partial charge in [-0.3, -0.25) is 9.59 Å². The maximum absolute atomic E-state index is 12.3. The van der Waals surface area contributed by atoms with Gasteiger partial charge in [0.1, 0.15) is 6.61 Å². The number of allylic oxidation sites excluding steroid dienone is 20. The summed E-state index contributed by atoms with van der Waals surface area (Å²) in [6.07, 6.45) is 80.2. The first-order valence-corrected chi connectivity index (χ1v) is 26.6. The summed E-state index contributed by atoms with van der Waals surface area (Å²) in [6.45, 7) is 3.96. The van der Waals surface area contributed by atoms with Crippen LogP contribution in [0.25, 0.3) is 0 Å². The van der Waals surface area contributed by atoms with Gasteiger partial charge in [0, 0.05) is 12.8 Å². The molecule has 65 heavy (non-hydrogen) atoms. The maximum atomic E-state index is 12.3. The maximum Gasteiger partial charge on any atom is 0.306 e. The predicted molar refractivity (Wildman–Crippen MR) is 283 cm³/mol. The number of aliphatic hydroxyl groups excluding tert-OH is 1. The first kappa shape index (κ1) is 61.3. The van der Waals surface area contributed by atoms with E-state index in [0.717, 1.165) is 103 Å². The molecule has 1 N–H and O–H groups in total. The van der Waals surface area contributed by atoms with Crippen LogP contribution in [0.4, 0.5) is 0 Å². The number of hydrogen-bond donors (Lipinski definition) is 1. The van der Waals surface area contributed by atoms with Crippen LogP contribution in [-0.2, 0) is 19.1 Å². The summed E-state index contributed by atoms with van der Waals surface area (Å²) in [7, 11) is 0. The van der Waals surface area contributed by atoms with Gasteiger partial charge in [-0.25, -0.2) is 0 Å². The largest absolute Gasteiger partial charge is 0.462 e. The molecule has 0 aromatic heterocycles. The van der Waals surface area contributed by atoms with Crippen molar-refractivity contribution in [2.24, 2.45) is 0 Å². The van der Waals surface area contributed by atoms with E-state index < -0.39 is 6.10 Å². The lowest BCUT2D eigenvalue weighted by molar-refractivity contribution is -0.161. The fraction of sp³-hybridized carbons (Fsp3) is 0.633. The average Bonchev–Trinajstić information content (AvgIpc) is 3.31. The smallest absolute Gasteiger partial charge is 0.306 e. The first-order chi connectivity index (χ1) is 32.1. The quantitative estimate of drug-likeness (QED) is 0.0374. The topological polar surface area (TPSA) is 72.8 Å². The molecule has 0 saturated heterocycles. The molecule has 368 valence electrons. The molecule has 0 bridgehead atoms. The van der Waals surface area contributed by atoms with Crippen molar-refractivity contribution in [2.75, 3.05) is 13.2 Å². The van der Waals surface area contributed by atoms with Gasteiger partial charge in [0.2, 0.25) is 0 Å². The molecule has 1 unspecified atom stereocenters. The zero-order chi connectivity index (χ0) is 47.0. The second-order valence-electron chi connectivity index (χ2n) is 17.2. The van der Waals surface area contributed by atoms with E-state index in [1.165, 1.54) is 96.3 Å². The lowest BCUT2D eigenvalue weighted by Crippen LogP contribution is -2.28. The number of esters is 2. The Labute approximate surface area is 401 Å². The predicted octanol–water partition coefficient (Wildman–Crippen LogP) is 17.9. The zero-order valence-corrected chi connectivity index (χ0v) is 42.0. The summed E-state index contributed by atoms with van der Waals surface area (Å²) in [4.78, 5) is 24.4. The lowest BCUT2D eigenvalue weighted by Gasteiger charge is -2.15. The van der Waals surface area contributed by atoms with Gasteiger partial charge in [0.15, 0.2) is 6.10 Å². The zero-order valence-electron chi connectivity index (χ0n) is 42.0. The van der Waals surface area contributed by atoms with Crippen molar-refractivity contribution in [1.29, 1.82) is 0 Å². The molecule has 0 amide bonds. The minimum atomic E-state index is -0.785. The minimum Gasteiger partial charge on any atom is -0.462 e. The van der Waals surface area contributed by atoms with Crippen LogP contribution >= 0.6 is 0 Å². The molecule has 0 heterocycles. The third kappa shape index (κ3) is 52.8. The summed E-state index contributed by atoms with van der Waals surface area (Å²) in [5, 5.41) is 9.61. The summed E-state index contributed by atoms with van der Waals surface area (Å²) in [5.74, 6) is -0.614. The molecule has 5 heteroatoms. The monoisotopic (exact) mass is 899 g/mol. The highest BCUT2D eigenvalue weighted by atomic mass is 16.6. The summed E-state index contributed by atoms with van der Waals surface area (Å²) in [5.41, 5.74) is 0. The Bertz CT molecular complexity index is 1340. The van der Waals surface area contributed by atoms with E-state index in [0.29, 0.717) is 12.8 Å². The average molecular weight is 899 g/mol. The van der Waals surface area contributed by atoms with Crippen molar-refractivity contribution in [3.63, 3.8) is 0 Å². The van der Waals surface area contributed by atoms with Gasteiger partial charge in [-0.15, -0.1) is 0 Å².